The molecule has 0 aliphatic carbocycles. The molecule has 118 valence electrons. The summed E-state index contributed by atoms with van der Waals surface area (Å²) in [7, 11) is 0. The van der Waals surface area contributed by atoms with Crippen LogP contribution in [0.15, 0.2) is 24.3 Å². The molecule has 2 N–H and O–H groups in total. The number of halogens is 1. The molecule has 1 aliphatic heterocycles. The number of nitrogens with one attached hydrogen (secondary N) is 2. The maximum absolute atomic E-state index is 11.8. The highest BCUT2D eigenvalue weighted by Crippen LogP contribution is 2.13. The average Bonchev–Trinajstić information content (AvgIpc) is 2.97. The van der Waals surface area contributed by atoms with Gasteiger partial charge in [0.25, 0.3) is 0 Å². The highest BCUT2D eigenvalue weighted by Gasteiger charge is 2.17. The zero-order valence-corrected chi connectivity index (χ0v) is 13.4. The standard InChI is InChI=1S/C16H24N2O2.ClH/c1-2-10-20-15-7-5-13(6-8-15)12-18-16(19)11-14-4-3-9-17-14;/h5-8,14,17H,2-4,9-12H2,1H3,(H,18,19);1H. The fourth-order valence-electron chi connectivity index (χ4n) is 2.35. The van der Waals surface area contributed by atoms with Crippen LogP contribution in [0.3, 0.4) is 0 Å². The lowest BCUT2D eigenvalue weighted by Gasteiger charge is -2.11. The van der Waals surface area contributed by atoms with Gasteiger partial charge in [0.2, 0.25) is 5.91 Å². The molecule has 1 unspecified atom stereocenters. The van der Waals surface area contributed by atoms with E-state index in [1.807, 2.05) is 24.3 Å². The van der Waals surface area contributed by atoms with Crippen LogP contribution in [-0.2, 0) is 11.3 Å². The third-order valence-corrected chi connectivity index (χ3v) is 3.48. The van der Waals surface area contributed by atoms with Gasteiger partial charge in [-0.3, -0.25) is 4.79 Å². The molecule has 1 heterocycles. The van der Waals surface area contributed by atoms with E-state index in [1.165, 1.54) is 6.42 Å². The van der Waals surface area contributed by atoms with Crippen molar-refractivity contribution in [1.82, 2.24) is 10.6 Å². The largest absolute Gasteiger partial charge is 0.494 e. The van der Waals surface area contributed by atoms with Crippen molar-refractivity contribution in [3.05, 3.63) is 29.8 Å². The fourth-order valence-corrected chi connectivity index (χ4v) is 2.35. The van der Waals surface area contributed by atoms with E-state index in [1.54, 1.807) is 0 Å². The Morgan fingerprint density at radius 1 is 1.38 bits per heavy atom. The molecule has 2 rings (SSSR count). The molecular weight excluding hydrogens is 288 g/mol. The maximum atomic E-state index is 11.8. The summed E-state index contributed by atoms with van der Waals surface area (Å²) >= 11 is 0. The van der Waals surface area contributed by atoms with Gasteiger partial charge in [0.15, 0.2) is 0 Å². The molecule has 0 saturated carbocycles. The number of amides is 1. The first kappa shape index (κ1) is 17.8. The van der Waals surface area contributed by atoms with Crippen molar-refractivity contribution in [2.75, 3.05) is 13.2 Å². The highest BCUT2D eigenvalue weighted by molar-refractivity contribution is 5.85. The average molecular weight is 313 g/mol. The molecule has 21 heavy (non-hydrogen) atoms. The van der Waals surface area contributed by atoms with Crippen LogP contribution in [0.1, 0.15) is 38.2 Å². The maximum Gasteiger partial charge on any atom is 0.221 e. The van der Waals surface area contributed by atoms with Crippen molar-refractivity contribution in [2.24, 2.45) is 0 Å². The Bertz CT molecular complexity index is 417. The first-order chi connectivity index (χ1) is 9.78. The minimum absolute atomic E-state index is 0. The van der Waals surface area contributed by atoms with Gasteiger partial charge in [-0.25, -0.2) is 0 Å². The number of hydrogen-bond donors (Lipinski definition) is 2. The summed E-state index contributed by atoms with van der Waals surface area (Å²) < 4.78 is 5.53. The van der Waals surface area contributed by atoms with Gasteiger partial charge in [-0.1, -0.05) is 19.1 Å². The van der Waals surface area contributed by atoms with Crippen LogP contribution in [0.4, 0.5) is 0 Å². The van der Waals surface area contributed by atoms with Gasteiger partial charge in [0.05, 0.1) is 6.61 Å². The SMILES string of the molecule is CCCOc1ccc(CNC(=O)CC2CCCN2)cc1.Cl. The van der Waals surface area contributed by atoms with Gasteiger partial charge >= 0.3 is 0 Å². The number of carbonyl (C=O) groups excluding carboxylic acids is 1. The normalized spacial score (nSPS) is 17.1. The molecule has 0 spiro atoms. The van der Waals surface area contributed by atoms with Crippen molar-refractivity contribution in [3.63, 3.8) is 0 Å². The van der Waals surface area contributed by atoms with E-state index in [2.05, 4.69) is 17.6 Å². The van der Waals surface area contributed by atoms with Gasteiger partial charge in [0.1, 0.15) is 5.75 Å². The zero-order valence-electron chi connectivity index (χ0n) is 12.6. The van der Waals surface area contributed by atoms with Crippen LogP contribution in [0, 0.1) is 0 Å². The summed E-state index contributed by atoms with van der Waals surface area (Å²) in [6.07, 6.45) is 3.87. The summed E-state index contributed by atoms with van der Waals surface area (Å²) in [6.45, 7) is 4.45. The van der Waals surface area contributed by atoms with Crippen LogP contribution >= 0.6 is 12.4 Å². The van der Waals surface area contributed by atoms with Crippen molar-refractivity contribution in [3.8, 4) is 5.75 Å². The van der Waals surface area contributed by atoms with Crippen LogP contribution < -0.4 is 15.4 Å². The van der Waals surface area contributed by atoms with Crippen LogP contribution in [0.25, 0.3) is 0 Å². The molecule has 1 amide bonds. The molecule has 5 heteroatoms. The van der Waals surface area contributed by atoms with Gasteiger partial charge < -0.3 is 15.4 Å². The summed E-state index contributed by atoms with van der Waals surface area (Å²) in [6, 6.07) is 8.27. The van der Waals surface area contributed by atoms with E-state index >= 15 is 0 Å². The highest BCUT2D eigenvalue weighted by atomic mass is 35.5. The topological polar surface area (TPSA) is 50.4 Å². The summed E-state index contributed by atoms with van der Waals surface area (Å²) in [5, 5.41) is 6.30. The Labute approximate surface area is 133 Å². The molecule has 1 atom stereocenters. The number of benzene rings is 1. The van der Waals surface area contributed by atoms with Gasteiger partial charge in [-0.05, 0) is 43.5 Å². The summed E-state index contributed by atoms with van der Waals surface area (Å²) in [4.78, 5) is 11.8. The Morgan fingerprint density at radius 3 is 2.76 bits per heavy atom. The molecule has 0 radical (unpaired) electrons. The predicted octanol–water partition coefficient (Wildman–Crippen LogP) is 2.66. The van der Waals surface area contributed by atoms with Crippen molar-refractivity contribution in [1.29, 1.82) is 0 Å². The monoisotopic (exact) mass is 312 g/mol. The molecular formula is C16H25ClN2O2. The van der Waals surface area contributed by atoms with Crippen LogP contribution in [0.2, 0.25) is 0 Å². The van der Waals surface area contributed by atoms with Gasteiger partial charge in [0, 0.05) is 19.0 Å². The molecule has 1 aromatic carbocycles. The molecule has 4 nitrogen and oxygen atoms in total. The predicted molar refractivity (Wildman–Crippen MR) is 87.0 cm³/mol. The van der Waals surface area contributed by atoms with Crippen molar-refractivity contribution < 1.29 is 9.53 Å². The van der Waals surface area contributed by atoms with E-state index in [4.69, 9.17) is 4.74 Å². The summed E-state index contributed by atoms with van der Waals surface area (Å²) in [5.41, 5.74) is 1.10. The lowest BCUT2D eigenvalue weighted by molar-refractivity contribution is -0.121. The van der Waals surface area contributed by atoms with Crippen molar-refractivity contribution in [2.45, 2.75) is 45.2 Å². The van der Waals surface area contributed by atoms with Crippen molar-refractivity contribution >= 4 is 18.3 Å². The molecule has 1 fully saturated rings. The number of ether oxygens (including phenoxy) is 1. The van der Waals surface area contributed by atoms with E-state index in [-0.39, 0.29) is 18.3 Å². The molecule has 0 bridgehead atoms. The van der Waals surface area contributed by atoms with E-state index in [9.17, 15) is 4.79 Å². The first-order valence-corrected chi connectivity index (χ1v) is 7.49. The second-order valence-corrected chi connectivity index (χ2v) is 5.27. The minimum atomic E-state index is 0. The third kappa shape index (κ3) is 6.36. The Morgan fingerprint density at radius 2 is 2.14 bits per heavy atom. The number of hydrogen-bond acceptors (Lipinski definition) is 3. The second kappa shape index (κ2) is 9.64. The Hall–Kier alpha value is -1.26. The Balaban J connectivity index is 0.00000220. The van der Waals surface area contributed by atoms with E-state index in [0.29, 0.717) is 19.0 Å². The van der Waals surface area contributed by atoms with E-state index < -0.39 is 0 Å². The number of rotatable bonds is 7. The Kier molecular flexibility index (Phi) is 8.16. The lowest BCUT2D eigenvalue weighted by atomic mass is 10.1. The fraction of sp³-hybridized carbons (Fsp3) is 0.562. The summed E-state index contributed by atoms with van der Waals surface area (Å²) in [5.74, 6) is 1.01. The van der Waals surface area contributed by atoms with E-state index in [0.717, 1.165) is 37.3 Å². The van der Waals surface area contributed by atoms with Gasteiger partial charge in [-0.2, -0.15) is 0 Å². The molecule has 0 aromatic heterocycles. The zero-order chi connectivity index (χ0) is 14.2. The van der Waals surface area contributed by atoms with Crippen LogP contribution in [0.5, 0.6) is 5.75 Å². The second-order valence-electron chi connectivity index (χ2n) is 5.27. The third-order valence-electron chi connectivity index (χ3n) is 3.48. The first-order valence-electron chi connectivity index (χ1n) is 7.49. The number of carbonyl (C=O) groups is 1. The smallest absolute Gasteiger partial charge is 0.221 e. The molecule has 1 saturated heterocycles. The lowest BCUT2D eigenvalue weighted by Crippen LogP contribution is -2.31. The van der Waals surface area contributed by atoms with Gasteiger partial charge in [-0.15, -0.1) is 12.4 Å². The quantitative estimate of drug-likeness (QED) is 0.814. The molecule has 1 aliphatic rings. The minimum Gasteiger partial charge on any atom is -0.494 e. The van der Waals surface area contributed by atoms with Crippen LogP contribution in [-0.4, -0.2) is 25.1 Å². The molecule has 1 aromatic rings.